The van der Waals surface area contributed by atoms with Crippen molar-refractivity contribution >= 4 is 5.96 Å². The highest BCUT2D eigenvalue weighted by atomic mass is 16.5. The number of nitrogens with zero attached hydrogens (tertiary/aromatic N) is 3. The Balaban J connectivity index is 1.40. The third-order valence-electron chi connectivity index (χ3n) is 6.12. The normalized spacial score (nSPS) is 26.5. The van der Waals surface area contributed by atoms with Gasteiger partial charge in [-0.2, -0.15) is 0 Å². The number of unbranched alkanes of at least 4 members (excludes halogenated alkanes) is 1. The Hall–Kier alpha value is -0.810. The molecular formula is C20H38N4O. The molecule has 5 heteroatoms. The minimum Gasteiger partial charge on any atom is -0.379 e. The second-order valence-electron chi connectivity index (χ2n) is 7.92. The average molecular weight is 351 g/mol. The van der Waals surface area contributed by atoms with Gasteiger partial charge in [-0.05, 0) is 25.7 Å². The number of nitrogens with one attached hydrogen (secondary N) is 1. The summed E-state index contributed by atoms with van der Waals surface area (Å²) in [5.74, 6) is 2.16. The van der Waals surface area contributed by atoms with Gasteiger partial charge in [0.15, 0.2) is 5.96 Å². The van der Waals surface area contributed by atoms with Gasteiger partial charge in [-0.15, -0.1) is 0 Å². The lowest BCUT2D eigenvalue weighted by Crippen LogP contribution is -2.46. The van der Waals surface area contributed by atoms with Gasteiger partial charge in [0.2, 0.25) is 0 Å². The number of hydrogen-bond donors (Lipinski definition) is 1. The first-order chi connectivity index (χ1) is 12.4. The molecule has 1 saturated carbocycles. The first-order valence-electron chi connectivity index (χ1n) is 10.7. The van der Waals surface area contributed by atoms with Gasteiger partial charge in [0.05, 0.1) is 13.2 Å². The summed E-state index contributed by atoms with van der Waals surface area (Å²) in [6.45, 7) is 10.3. The van der Waals surface area contributed by atoms with Crippen LogP contribution in [0.15, 0.2) is 4.99 Å². The molecule has 2 saturated heterocycles. The van der Waals surface area contributed by atoms with Gasteiger partial charge < -0.3 is 15.0 Å². The molecule has 0 radical (unpaired) electrons. The molecule has 0 amide bonds. The van der Waals surface area contributed by atoms with Gasteiger partial charge in [-0.25, -0.2) is 0 Å². The SMILES string of the molecule is CCNC(=NCCCCC1CCCC1)N1CCC(N2CCOCC2)C1. The molecule has 1 atom stereocenters. The number of rotatable bonds is 7. The third-order valence-corrected chi connectivity index (χ3v) is 6.12. The summed E-state index contributed by atoms with van der Waals surface area (Å²) in [7, 11) is 0. The first kappa shape index (κ1) is 19.0. The maximum atomic E-state index is 5.49. The zero-order chi connectivity index (χ0) is 17.3. The molecule has 2 heterocycles. The Morgan fingerprint density at radius 3 is 2.64 bits per heavy atom. The minimum atomic E-state index is 0.676. The van der Waals surface area contributed by atoms with Crippen LogP contribution in [0.3, 0.4) is 0 Å². The molecule has 2 aliphatic heterocycles. The summed E-state index contributed by atoms with van der Waals surface area (Å²) in [5.41, 5.74) is 0. The second-order valence-corrected chi connectivity index (χ2v) is 7.92. The van der Waals surface area contributed by atoms with E-state index in [0.29, 0.717) is 6.04 Å². The summed E-state index contributed by atoms with van der Waals surface area (Å²) >= 11 is 0. The van der Waals surface area contributed by atoms with Gasteiger partial charge in [-0.3, -0.25) is 9.89 Å². The maximum absolute atomic E-state index is 5.49. The molecule has 0 aromatic rings. The van der Waals surface area contributed by atoms with E-state index in [9.17, 15) is 0 Å². The van der Waals surface area contributed by atoms with Crippen molar-refractivity contribution in [3.05, 3.63) is 0 Å². The Morgan fingerprint density at radius 2 is 1.88 bits per heavy atom. The van der Waals surface area contributed by atoms with Gasteiger partial charge in [0.1, 0.15) is 0 Å². The molecule has 3 rings (SSSR count). The molecule has 25 heavy (non-hydrogen) atoms. The number of morpholine rings is 1. The van der Waals surface area contributed by atoms with Crippen molar-refractivity contribution < 1.29 is 4.74 Å². The standard InChI is InChI=1S/C20H38N4O/c1-2-21-20(22-11-6-5-9-18-7-3-4-8-18)24-12-10-19(17-24)23-13-15-25-16-14-23/h18-19H,2-17H2,1H3,(H,21,22). The van der Waals surface area contributed by atoms with E-state index >= 15 is 0 Å². The van der Waals surface area contributed by atoms with E-state index in [2.05, 4.69) is 22.0 Å². The highest BCUT2D eigenvalue weighted by Gasteiger charge is 2.30. The minimum absolute atomic E-state index is 0.676. The van der Waals surface area contributed by atoms with Crippen LogP contribution in [0.2, 0.25) is 0 Å². The quantitative estimate of drug-likeness (QED) is 0.435. The van der Waals surface area contributed by atoms with Crippen molar-refractivity contribution in [1.29, 1.82) is 0 Å². The summed E-state index contributed by atoms with van der Waals surface area (Å²) < 4.78 is 5.49. The lowest BCUT2D eigenvalue weighted by Gasteiger charge is -2.32. The van der Waals surface area contributed by atoms with E-state index in [0.717, 1.165) is 64.4 Å². The number of ether oxygens (including phenoxy) is 1. The lowest BCUT2D eigenvalue weighted by atomic mass is 10.0. The molecule has 1 aliphatic carbocycles. The van der Waals surface area contributed by atoms with Gasteiger partial charge in [-0.1, -0.05) is 38.5 Å². The van der Waals surface area contributed by atoms with Crippen LogP contribution in [0.5, 0.6) is 0 Å². The Morgan fingerprint density at radius 1 is 1.08 bits per heavy atom. The summed E-state index contributed by atoms with van der Waals surface area (Å²) in [6, 6.07) is 0.676. The number of likely N-dealkylation sites (tertiary alicyclic amines) is 1. The predicted octanol–water partition coefficient (Wildman–Crippen LogP) is 2.72. The fourth-order valence-corrected chi connectivity index (χ4v) is 4.63. The lowest BCUT2D eigenvalue weighted by molar-refractivity contribution is 0.0195. The van der Waals surface area contributed by atoms with Crippen LogP contribution in [-0.4, -0.2) is 74.3 Å². The predicted molar refractivity (Wildman–Crippen MR) is 104 cm³/mol. The third kappa shape index (κ3) is 5.85. The molecule has 3 fully saturated rings. The summed E-state index contributed by atoms with van der Waals surface area (Å²) in [4.78, 5) is 10.0. The van der Waals surface area contributed by atoms with E-state index in [1.807, 2.05) is 0 Å². The van der Waals surface area contributed by atoms with Crippen LogP contribution < -0.4 is 5.32 Å². The highest BCUT2D eigenvalue weighted by molar-refractivity contribution is 5.80. The van der Waals surface area contributed by atoms with Crippen molar-refractivity contribution in [3.8, 4) is 0 Å². The zero-order valence-electron chi connectivity index (χ0n) is 16.2. The number of hydrogen-bond acceptors (Lipinski definition) is 3. The van der Waals surface area contributed by atoms with Gasteiger partial charge in [0.25, 0.3) is 0 Å². The van der Waals surface area contributed by atoms with Crippen molar-refractivity contribution in [2.24, 2.45) is 10.9 Å². The fraction of sp³-hybridized carbons (Fsp3) is 0.950. The van der Waals surface area contributed by atoms with Crippen molar-refractivity contribution in [3.63, 3.8) is 0 Å². The smallest absolute Gasteiger partial charge is 0.193 e. The van der Waals surface area contributed by atoms with E-state index in [-0.39, 0.29) is 0 Å². The molecule has 1 unspecified atom stereocenters. The molecule has 0 aromatic carbocycles. The fourth-order valence-electron chi connectivity index (χ4n) is 4.63. The van der Waals surface area contributed by atoms with Crippen LogP contribution in [0.1, 0.15) is 58.3 Å². The number of aliphatic imine (C=N–C) groups is 1. The molecule has 1 N–H and O–H groups in total. The molecule has 5 nitrogen and oxygen atoms in total. The summed E-state index contributed by atoms with van der Waals surface area (Å²) in [6.07, 6.45) is 11.2. The molecular weight excluding hydrogens is 312 g/mol. The Labute approximate surface area is 154 Å². The maximum Gasteiger partial charge on any atom is 0.193 e. The topological polar surface area (TPSA) is 40.1 Å². The Kier molecular flexibility index (Phi) is 7.86. The van der Waals surface area contributed by atoms with Gasteiger partial charge in [0, 0.05) is 45.3 Å². The second kappa shape index (κ2) is 10.4. The molecule has 0 spiro atoms. The van der Waals surface area contributed by atoms with Gasteiger partial charge >= 0.3 is 0 Å². The van der Waals surface area contributed by atoms with E-state index < -0.39 is 0 Å². The van der Waals surface area contributed by atoms with Crippen LogP contribution in [-0.2, 0) is 4.74 Å². The average Bonchev–Trinajstić information content (AvgIpc) is 3.33. The highest BCUT2D eigenvalue weighted by Crippen LogP contribution is 2.28. The van der Waals surface area contributed by atoms with Crippen molar-refractivity contribution in [2.45, 2.75) is 64.3 Å². The largest absolute Gasteiger partial charge is 0.379 e. The zero-order valence-corrected chi connectivity index (χ0v) is 16.2. The van der Waals surface area contributed by atoms with Crippen molar-refractivity contribution in [2.75, 3.05) is 52.5 Å². The van der Waals surface area contributed by atoms with Crippen LogP contribution in [0.4, 0.5) is 0 Å². The van der Waals surface area contributed by atoms with Crippen LogP contribution in [0, 0.1) is 5.92 Å². The van der Waals surface area contributed by atoms with Crippen LogP contribution >= 0.6 is 0 Å². The monoisotopic (exact) mass is 350 g/mol. The van der Waals surface area contributed by atoms with E-state index in [4.69, 9.17) is 9.73 Å². The molecule has 0 bridgehead atoms. The van der Waals surface area contributed by atoms with Crippen LogP contribution in [0.25, 0.3) is 0 Å². The first-order valence-corrected chi connectivity index (χ1v) is 10.7. The summed E-state index contributed by atoms with van der Waals surface area (Å²) in [5, 5.41) is 3.51. The van der Waals surface area contributed by atoms with E-state index in [1.54, 1.807) is 0 Å². The van der Waals surface area contributed by atoms with Crippen molar-refractivity contribution in [1.82, 2.24) is 15.1 Å². The van der Waals surface area contributed by atoms with E-state index in [1.165, 1.54) is 51.4 Å². The molecule has 0 aromatic heterocycles. The molecule has 144 valence electrons. The number of guanidine groups is 1. The molecule has 3 aliphatic rings. The Bertz CT molecular complexity index is 403.